The second kappa shape index (κ2) is 5.84. The van der Waals surface area contributed by atoms with Crippen LogP contribution >= 0.6 is 11.9 Å². The summed E-state index contributed by atoms with van der Waals surface area (Å²) in [6.45, 7) is 5.96. The van der Waals surface area contributed by atoms with E-state index in [1.165, 1.54) is 11.9 Å². The van der Waals surface area contributed by atoms with Crippen LogP contribution in [0.2, 0.25) is 0 Å². The molecule has 2 aromatic rings. The van der Waals surface area contributed by atoms with Crippen molar-refractivity contribution < 1.29 is 9.53 Å². The third-order valence-electron chi connectivity index (χ3n) is 2.72. The van der Waals surface area contributed by atoms with Crippen molar-refractivity contribution in [3.63, 3.8) is 0 Å². The van der Waals surface area contributed by atoms with Crippen molar-refractivity contribution in [2.45, 2.75) is 6.92 Å². The molecule has 0 fully saturated rings. The quantitative estimate of drug-likeness (QED) is 0.646. The van der Waals surface area contributed by atoms with Crippen LogP contribution in [-0.2, 0) is 4.74 Å². The molecular formula is C14H16N2O2S. The summed E-state index contributed by atoms with van der Waals surface area (Å²) in [5.41, 5.74) is 3.32. The van der Waals surface area contributed by atoms with E-state index >= 15 is 0 Å². The maximum Gasteiger partial charge on any atom is 0.354 e. The van der Waals surface area contributed by atoms with Crippen molar-refractivity contribution in [1.29, 1.82) is 0 Å². The monoisotopic (exact) mass is 276 g/mol. The van der Waals surface area contributed by atoms with E-state index in [4.69, 9.17) is 4.74 Å². The van der Waals surface area contributed by atoms with Crippen molar-refractivity contribution in [2.24, 2.45) is 0 Å². The van der Waals surface area contributed by atoms with Crippen molar-refractivity contribution in [3.8, 4) is 0 Å². The molecule has 0 saturated carbocycles. The molecule has 2 rings (SSSR count). The van der Waals surface area contributed by atoms with Crippen LogP contribution in [0.1, 0.15) is 23.0 Å². The van der Waals surface area contributed by atoms with Crippen LogP contribution in [0.5, 0.6) is 0 Å². The fourth-order valence-corrected chi connectivity index (χ4v) is 2.28. The molecule has 1 heterocycles. The van der Waals surface area contributed by atoms with Gasteiger partial charge in [0.2, 0.25) is 0 Å². The third-order valence-corrected chi connectivity index (χ3v) is 3.14. The van der Waals surface area contributed by atoms with Crippen molar-refractivity contribution in [1.82, 2.24) is 4.98 Å². The molecular weight excluding hydrogens is 260 g/mol. The molecule has 5 heteroatoms. The van der Waals surface area contributed by atoms with Crippen LogP contribution < -0.4 is 4.72 Å². The highest BCUT2D eigenvalue weighted by molar-refractivity contribution is 7.99. The number of rotatable bonds is 5. The highest BCUT2D eigenvalue weighted by Gasteiger charge is 2.11. The van der Waals surface area contributed by atoms with Crippen molar-refractivity contribution in [3.05, 3.63) is 36.0 Å². The zero-order chi connectivity index (χ0) is 13.8. The predicted molar refractivity (Wildman–Crippen MR) is 81.5 cm³/mol. The molecule has 1 aromatic carbocycles. The Morgan fingerprint density at radius 2 is 2.32 bits per heavy atom. The summed E-state index contributed by atoms with van der Waals surface area (Å²) in [6, 6.07) is 5.74. The van der Waals surface area contributed by atoms with Crippen molar-refractivity contribution in [2.75, 3.05) is 17.6 Å². The lowest BCUT2D eigenvalue weighted by molar-refractivity contribution is 0.0520. The Bertz CT molecular complexity index is 619. The molecule has 0 amide bonds. The summed E-state index contributed by atoms with van der Waals surface area (Å²) >= 11 is 1.51. The number of fused-ring (bicyclic) bond motifs is 1. The van der Waals surface area contributed by atoms with Gasteiger partial charge >= 0.3 is 5.97 Å². The first-order chi connectivity index (χ1) is 9.19. The van der Waals surface area contributed by atoms with Gasteiger partial charge < -0.3 is 14.4 Å². The SMILES string of the molecule is C=Cc1cc2cc(C(=O)OCC)[nH]c2cc1NSC. The summed E-state index contributed by atoms with van der Waals surface area (Å²) in [6.07, 6.45) is 3.74. The van der Waals surface area contributed by atoms with Gasteiger partial charge in [-0.05, 0) is 30.7 Å². The van der Waals surface area contributed by atoms with E-state index in [2.05, 4.69) is 16.3 Å². The Kier molecular flexibility index (Phi) is 4.16. The van der Waals surface area contributed by atoms with Gasteiger partial charge in [0, 0.05) is 17.2 Å². The number of aromatic nitrogens is 1. The number of benzene rings is 1. The lowest BCUT2D eigenvalue weighted by Crippen LogP contribution is -2.04. The molecule has 0 saturated heterocycles. The predicted octanol–water partition coefficient (Wildman–Crippen LogP) is 3.68. The molecule has 0 radical (unpaired) electrons. The molecule has 0 aliphatic carbocycles. The maximum atomic E-state index is 11.7. The third kappa shape index (κ3) is 2.76. The van der Waals surface area contributed by atoms with Gasteiger partial charge in [-0.3, -0.25) is 0 Å². The van der Waals surface area contributed by atoms with Gasteiger partial charge in [-0.15, -0.1) is 0 Å². The van der Waals surface area contributed by atoms with E-state index in [-0.39, 0.29) is 5.97 Å². The molecule has 100 valence electrons. The Morgan fingerprint density at radius 3 is 2.95 bits per heavy atom. The Hall–Kier alpha value is -1.88. The zero-order valence-corrected chi connectivity index (χ0v) is 11.8. The van der Waals surface area contributed by atoms with Crippen LogP contribution in [0.15, 0.2) is 24.8 Å². The normalized spacial score (nSPS) is 10.4. The first kappa shape index (κ1) is 13.5. The second-order valence-electron chi connectivity index (χ2n) is 3.94. The number of ether oxygens (including phenoxy) is 1. The van der Waals surface area contributed by atoms with Crippen LogP contribution in [0.25, 0.3) is 17.0 Å². The number of anilines is 1. The van der Waals surface area contributed by atoms with Crippen molar-refractivity contribution >= 4 is 40.6 Å². The zero-order valence-electron chi connectivity index (χ0n) is 10.9. The van der Waals surface area contributed by atoms with E-state index in [9.17, 15) is 4.79 Å². The summed E-state index contributed by atoms with van der Waals surface area (Å²) < 4.78 is 8.17. The molecule has 0 spiro atoms. The van der Waals surface area contributed by atoms with Crippen LogP contribution in [0.3, 0.4) is 0 Å². The standard InChI is InChI=1S/C14H16N2O2S/c1-4-9-6-10-7-13(14(17)18-5-2)15-11(10)8-12(9)16-19-3/h4,6-8,15-16H,1,5H2,2-3H3. The van der Waals surface area contributed by atoms with Crippen LogP contribution in [0, 0.1) is 0 Å². The van der Waals surface area contributed by atoms with Gasteiger partial charge in [-0.1, -0.05) is 24.6 Å². The molecule has 19 heavy (non-hydrogen) atoms. The number of H-pyrrole nitrogens is 1. The maximum absolute atomic E-state index is 11.7. The molecule has 0 atom stereocenters. The first-order valence-corrected chi connectivity index (χ1v) is 7.17. The summed E-state index contributed by atoms with van der Waals surface area (Å²) in [5, 5.41) is 0.963. The molecule has 2 N–H and O–H groups in total. The number of hydrogen-bond acceptors (Lipinski definition) is 4. The number of hydrogen-bond donors (Lipinski definition) is 2. The smallest absolute Gasteiger partial charge is 0.354 e. The largest absolute Gasteiger partial charge is 0.461 e. The first-order valence-electron chi connectivity index (χ1n) is 5.95. The molecule has 4 nitrogen and oxygen atoms in total. The van der Waals surface area contributed by atoms with E-state index in [1.54, 1.807) is 19.1 Å². The molecule has 0 bridgehead atoms. The summed E-state index contributed by atoms with van der Waals surface area (Å²) in [7, 11) is 0. The average molecular weight is 276 g/mol. The number of nitrogens with one attached hydrogen (secondary N) is 2. The fraction of sp³-hybridized carbons (Fsp3) is 0.214. The molecule has 0 unspecified atom stereocenters. The Labute approximate surface area is 116 Å². The van der Waals surface area contributed by atoms with Crippen LogP contribution in [0.4, 0.5) is 5.69 Å². The van der Waals surface area contributed by atoms with Gasteiger partial charge in [-0.25, -0.2) is 4.79 Å². The van der Waals surface area contributed by atoms with Gasteiger partial charge in [0.1, 0.15) is 5.69 Å². The van der Waals surface area contributed by atoms with Gasteiger partial charge in [0.05, 0.1) is 12.3 Å². The number of esters is 1. The van der Waals surface area contributed by atoms with Gasteiger partial charge in [0.25, 0.3) is 0 Å². The summed E-state index contributed by atoms with van der Waals surface area (Å²) in [4.78, 5) is 14.8. The number of carbonyl (C=O) groups excluding carboxylic acids is 1. The lowest BCUT2D eigenvalue weighted by atomic mass is 10.1. The Balaban J connectivity index is 2.47. The highest BCUT2D eigenvalue weighted by atomic mass is 32.2. The van der Waals surface area contributed by atoms with Gasteiger partial charge in [0.15, 0.2) is 0 Å². The van der Waals surface area contributed by atoms with E-state index in [0.717, 1.165) is 22.2 Å². The minimum atomic E-state index is -0.335. The second-order valence-corrected chi connectivity index (χ2v) is 4.55. The summed E-state index contributed by atoms with van der Waals surface area (Å²) in [5.74, 6) is -0.335. The molecule has 1 aromatic heterocycles. The Morgan fingerprint density at radius 1 is 1.53 bits per heavy atom. The lowest BCUT2D eigenvalue weighted by Gasteiger charge is -2.06. The topological polar surface area (TPSA) is 54.1 Å². The average Bonchev–Trinajstić information content (AvgIpc) is 2.81. The number of carbonyl (C=O) groups is 1. The van der Waals surface area contributed by atoms with E-state index < -0.39 is 0 Å². The van der Waals surface area contributed by atoms with Crippen LogP contribution in [-0.4, -0.2) is 23.8 Å². The van der Waals surface area contributed by atoms with E-state index in [1.807, 2.05) is 18.4 Å². The molecule has 0 aliphatic heterocycles. The van der Waals surface area contributed by atoms with E-state index in [0.29, 0.717) is 12.3 Å². The number of aromatic amines is 1. The highest BCUT2D eigenvalue weighted by Crippen LogP contribution is 2.27. The fourth-order valence-electron chi connectivity index (χ4n) is 1.88. The van der Waals surface area contributed by atoms with Gasteiger partial charge in [-0.2, -0.15) is 0 Å². The molecule has 0 aliphatic rings. The minimum absolute atomic E-state index is 0.335. The minimum Gasteiger partial charge on any atom is -0.461 e.